The summed E-state index contributed by atoms with van der Waals surface area (Å²) < 4.78 is 0. The first-order valence-corrected chi connectivity index (χ1v) is 6.95. The van der Waals surface area contributed by atoms with Crippen molar-refractivity contribution in [2.24, 2.45) is 0 Å². The van der Waals surface area contributed by atoms with Gasteiger partial charge in [0, 0.05) is 6.07 Å². The lowest BCUT2D eigenvalue weighted by atomic mass is 10.3. The van der Waals surface area contributed by atoms with Crippen molar-refractivity contribution in [2.75, 3.05) is 29.2 Å². The molecule has 2 aromatic heterocycles. The highest BCUT2D eigenvalue weighted by molar-refractivity contribution is 7.98. The van der Waals surface area contributed by atoms with Gasteiger partial charge in [0.05, 0.1) is 4.92 Å². The molecule has 0 saturated heterocycles. The second-order valence-corrected chi connectivity index (χ2v) is 4.64. The first-order chi connectivity index (χ1) is 10.2. The van der Waals surface area contributed by atoms with E-state index < -0.39 is 4.92 Å². The molecule has 0 radical (unpaired) electrons. The van der Waals surface area contributed by atoms with Crippen molar-refractivity contribution in [2.45, 2.75) is 12.1 Å². The van der Waals surface area contributed by atoms with Gasteiger partial charge < -0.3 is 22.9 Å². The molecule has 2 heterocycles. The van der Waals surface area contributed by atoms with E-state index in [1.54, 1.807) is 0 Å². The van der Waals surface area contributed by atoms with Crippen molar-refractivity contribution >= 4 is 40.9 Å². The Kier molecular flexibility index (Phi) is 5.63. The highest BCUT2D eigenvalue weighted by Crippen LogP contribution is 2.22. The van der Waals surface area contributed by atoms with E-state index in [-0.39, 0.29) is 23.1 Å². The lowest BCUT2D eigenvalue weighted by Crippen LogP contribution is -2.06. The zero-order valence-electron chi connectivity index (χ0n) is 11.8. The Morgan fingerprint density at radius 3 is 2.05 bits per heavy atom. The number of hydrogen-bond acceptors (Lipinski definition) is 11. The van der Waals surface area contributed by atoms with E-state index in [2.05, 4.69) is 19.9 Å². The summed E-state index contributed by atoms with van der Waals surface area (Å²) in [5.41, 5.74) is 21.1. The van der Waals surface area contributed by atoms with E-state index in [1.165, 1.54) is 24.8 Å². The van der Waals surface area contributed by atoms with Crippen LogP contribution in [0.4, 0.5) is 29.1 Å². The predicted molar refractivity (Wildman–Crippen MR) is 84.9 cm³/mol. The molecule has 0 amide bonds. The molecule has 2 aromatic rings. The van der Waals surface area contributed by atoms with Crippen LogP contribution < -0.4 is 22.9 Å². The molecule has 0 aliphatic heterocycles. The fourth-order valence-electron chi connectivity index (χ4n) is 1.39. The van der Waals surface area contributed by atoms with Crippen LogP contribution in [0.2, 0.25) is 0 Å². The zero-order valence-corrected chi connectivity index (χ0v) is 12.7. The summed E-state index contributed by atoms with van der Waals surface area (Å²) >= 11 is 1.41. The molecule has 0 aliphatic rings. The van der Waals surface area contributed by atoms with E-state index in [4.69, 9.17) is 22.9 Å². The molecule has 12 heteroatoms. The lowest BCUT2D eigenvalue weighted by molar-refractivity contribution is -0.385. The van der Waals surface area contributed by atoms with E-state index in [0.717, 1.165) is 0 Å². The highest BCUT2D eigenvalue weighted by atomic mass is 32.2. The number of aryl methyl sites for hydroxylation is 1. The summed E-state index contributed by atoms with van der Waals surface area (Å²) in [6.45, 7) is 1.45. The van der Waals surface area contributed by atoms with Gasteiger partial charge in [0.1, 0.15) is 17.3 Å². The Balaban J connectivity index is 0.000000224. The maximum atomic E-state index is 10.4. The molecular weight excluding hydrogens is 310 g/mol. The first-order valence-electron chi connectivity index (χ1n) is 5.72. The summed E-state index contributed by atoms with van der Waals surface area (Å²) in [5, 5.41) is 11.0. The molecule has 0 unspecified atom stereocenters. The van der Waals surface area contributed by atoms with Crippen molar-refractivity contribution in [1.82, 2.24) is 19.9 Å². The van der Waals surface area contributed by atoms with Crippen LogP contribution in [-0.2, 0) is 0 Å². The molecule has 22 heavy (non-hydrogen) atoms. The van der Waals surface area contributed by atoms with Gasteiger partial charge in [0.15, 0.2) is 5.16 Å². The van der Waals surface area contributed by atoms with Crippen LogP contribution in [0, 0.1) is 17.0 Å². The number of anilines is 4. The van der Waals surface area contributed by atoms with Gasteiger partial charge in [-0.05, 0) is 13.2 Å². The summed E-state index contributed by atoms with van der Waals surface area (Å²) in [6, 6.07) is 1.53. The fourth-order valence-corrected chi connectivity index (χ4v) is 1.78. The zero-order chi connectivity index (χ0) is 16.9. The molecule has 8 N–H and O–H groups in total. The first kappa shape index (κ1) is 17.2. The molecule has 11 nitrogen and oxygen atoms in total. The quantitative estimate of drug-likeness (QED) is 0.255. The SMILES string of the molecule is CSc1nc(N)cc(N)n1.Cc1nc(N)nc(N)c1[N+](=O)[O-]. The number of aromatic nitrogens is 4. The minimum absolute atomic E-state index is 0.0596. The van der Waals surface area contributed by atoms with Crippen LogP contribution >= 0.6 is 11.8 Å². The fraction of sp³-hybridized carbons (Fsp3) is 0.200. The van der Waals surface area contributed by atoms with Crippen LogP contribution in [-0.4, -0.2) is 31.1 Å². The van der Waals surface area contributed by atoms with Crippen LogP contribution in [0.5, 0.6) is 0 Å². The van der Waals surface area contributed by atoms with Crippen molar-refractivity contribution < 1.29 is 4.92 Å². The summed E-state index contributed by atoms with van der Waals surface area (Å²) in [5.74, 6) is 0.564. The largest absolute Gasteiger partial charge is 0.383 e. The van der Waals surface area contributed by atoms with Crippen LogP contribution in [0.3, 0.4) is 0 Å². The molecule has 0 bridgehead atoms. The average molecular weight is 325 g/mol. The van der Waals surface area contributed by atoms with E-state index in [0.29, 0.717) is 16.8 Å². The van der Waals surface area contributed by atoms with Gasteiger partial charge in [-0.15, -0.1) is 0 Å². The van der Waals surface area contributed by atoms with E-state index >= 15 is 0 Å². The second kappa shape index (κ2) is 7.21. The van der Waals surface area contributed by atoms with Gasteiger partial charge in [-0.25, -0.2) is 15.0 Å². The molecule has 0 saturated carbocycles. The van der Waals surface area contributed by atoms with Gasteiger partial charge in [-0.2, -0.15) is 4.98 Å². The van der Waals surface area contributed by atoms with Crippen LogP contribution in [0.25, 0.3) is 0 Å². The summed E-state index contributed by atoms with van der Waals surface area (Å²) in [4.78, 5) is 24.6. The van der Waals surface area contributed by atoms with Crippen LogP contribution in [0.1, 0.15) is 5.69 Å². The smallest absolute Gasteiger partial charge is 0.332 e. The van der Waals surface area contributed by atoms with Crippen molar-refractivity contribution in [3.8, 4) is 0 Å². The third-order valence-corrected chi connectivity index (χ3v) is 2.76. The molecule has 0 aliphatic carbocycles. The number of nitrogens with zero attached hydrogens (tertiary/aromatic N) is 5. The van der Waals surface area contributed by atoms with Gasteiger partial charge in [0.25, 0.3) is 0 Å². The second-order valence-electron chi connectivity index (χ2n) is 3.86. The maximum Gasteiger partial charge on any atom is 0.332 e. The number of nitrogens with two attached hydrogens (primary N) is 4. The number of nitrogen functional groups attached to an aromatic ring is 4. The molecule has 0 spiro atoms. The Labute approximate surface area is 129 Å². The molecular formula is C10H15N9O2S. The third kappa shape index (κ3) is 4.59. The number of hydrogen-bond donors (Lipinski definition) is 4. The Bertz CT molecular complexity index is 651. The van der Waals surface area contributed by atoms with Crippen LogP contribution in [0.15, 0.2) is 11.2 Å². The molecule has 0 fully saturated rings. The Morgan fingerprint density at radius 1 is 1.09 bits per heavy atom. The highest BCUT2D eigenvalue weighted by Gasteiger charge is 2.18. The van der Waals surface area contributed by atoms with Gasteiger partial charge in [-0.1, -0.05) is 11.8 Å². The van der Waals surface area contributed by atoms with E-state index in [9.17, 15) is 10.1 Å². The normalized spacial score (nSPS) is 9.73. The van der Waals surface area contributed by atoms with Gasteiger partial charge in [-0.3, -0.25) is 10.1 Å². The van der Waals surface area contributed by atoms with Gasteiger partial charge >= 0.3 is 5.69 Å². The van der Waals surface area contributed by atoms with Crippen molar-refractivity contribution in [1.29, 1.82) is 0 Å². The predicted octanol–water partition coefficient (Wildman–Crippen LogP) is 0.221. The monoisotopic (exact) mass is 325 g/mol. The Morgan fingerprint density at radius 2 is 1.64 bits per heavy atom. The lowest BCUT2D eigenvalue weighted by Gasteiger charge is -1.99. The van der Waals surface area contributed by atoms with Crippen molar-refractivity contribution in [3.63, 3.8) is 0 Å². The number of rotatable bonds is 2. The number of nitro groups is 1. The minimum atomic E-state index is -0.635. The molecule has 118 valence electrons. The maximum absolute atomic E-state index is 10.4. The van der Waals surface area contributed by atoms with Crippen molar-refractivity contribution in [3.05, 3.63) is 21.9 Å². The molecule has 0 atom stereocenters. The van der Waals surface area contributed by atoms with E-state index in [1.807, 2.05) is 6.26 Å². The number of thioether (sulfide) groups is 1. The van der Waals surface area contributed by atoms with Gasteiger partial charge in [0.2, 0.25) is 11.8 Å². The third-order valence-electron chi connectivity index (χ3n) is 2.21. The molecule has 0 aromatic carbocycles. The summed E-state index contributed by atoms with van der Waals surface area (Å²) in [7, 11) is 0. The standard InChI is InChI=1S/C5H7N5O2.C5H8N4S/c1-2-3(10(11)12)4(6)9-5(7)8-2;1-10-5-8-3(6)2-4(7)9-5/h1H3,(H4,6,7,8,9);2H,1H3,(H4,6,7,8,9). The molecule has 2 rings (SSSR count). The minimum Gasteiger partial charge on any atom is -0.383 e. The Hall–Kier alpha value is -2.89. The summed E-state index contributed by atoms with van der Waals surface area (Å²) in [6.07, 6.45) is 1.87. The topological polar surface area (TPSA) is 199 Å². The average Bonchev–Trinajstić information content (AvgIpc) is 2.36.